The fourth-order valence-electron chi connectivity index (χ4n) is 6.32. The maximum Gasteiger partial charge on any atom is 0.341 e. The Balaban J connectivity index is 1.59. The number of aromatic nitrogens is 1. The van der Waals surface area contributed by atoms with E-state index in [4.69, 9.17) is 10.5 Å². The normalized spacial score (nSPS) is 35.2. The highest BCUT2D eigenvalue weighted by molar-refractivity contribution is 5.97. The lowest BCUT2D eigenvalue weighted by molar-refractivity contribution is 0.0694. The zero-order chi connectivity index (χ0) is 21.9. The number of carboxylic acids is 1. The van der Waals surface area contributed by atoms with E-state index in [1.165, 1.54) is 11.7 Å². The van der Waals surface area contributed by atoms with Crippen LogP contribution in [0.2, 0.25) is 0 Å². The van der Waals surface area contributed by atoms with Crippen LogP contribution in [-0.4, -0.2) is 47.6 Å². The fraction of sp³-hybridized carbons (Fsp3) is 0.545. The molecule has 1 aromatic heterocycles. The number of hydrogen-bond donors (Lipinski definition) is 2. The van der Waals surface area contributed by atoms with Crippen LogP contribution in [0.1, 0.15) is 42.1 Å². The Morgan fingerprint density at radius 1 is 1.39 bits per heavy atom. The lowest BCUT2D eigenvalue weighted by Crippen LogP contribution is -2.46. The number of anilines is 1. The molecule has 4 unspecified atom stereocenters. The molecular formula is C22H23F2N3O4. The van der Waals surface area contributed by atoms with Crippen LogP contribution >= 0.6 is 0 Å². The topological polar surface area (TPSA) is 97.8 Å². The molecule has 9 heteroatoms. The van der Waals surface area contributed by atoms with Crippen molar-refractivity contribution in [2.24, 2.45) is 17.1 Å². The molecule has 3 N–H and O–H groups in total. The summed E-state index contributed by atoms with van der Waals surface area (Å²) in [6.45, 7) is 1.09. The van der Waals surface area contributed by atoms with Crippen molar-refractivity contribution in [2.45, 2.75) is 43.4 Å². The maximum atomic E-state index is 15.5. The van der Waals surface area contributed by atoms with Crippen molar-refractivity contribution in [3.8, 4) is 5.75 Å². The van der Waals surface area contributed by atoms with Gasteiger partial charge in [0.2, 0.25) is 5.43 Å². The second kappa shape index (κ2) is 5.76. The van der Waals surface area contributed by atoms with Gasteiger partial charge in [-0.3, -0.25) is 4.79 Å². The van der Waals surface area contributed by atoms with Gasteiger partial charge in [-0.15, -0.1) is 0 Å². The zero-order valence-electron chi connectivity index (χ0n) is 17.0. The molecule has 4 fully saturated rings. The van der Waals surface area contributed by atoms with Gasteiger partial charge >= 0.3 is 5.97 Å². The first-order valence-corrected chi connectivity index (χ1v) is 10.6. The lowest BCUT2D eigenvalue weighted by Gasteiger charge is -2.27. The third kappa shape index (κ3) is 2.30. The van der Waals surface area contributed by atoms with E-state index in [0.717, 1.165) is 31.5 Å². The average Bonchev–Trinajstić information content (AvgIpc) is 3.56. The number of fused-ring (bicyclic) bond motifs is 1. The van der Waals surface area contributed by atoms with Gasteiger partial charge in [0.1, 0.15) is 17.4 Å². The minimum atomic E-state index is -1.43. The van der Waals surface area contributed by atoms with Crippen LogP contribution in [0.5, 0.6) is 5.75 Å². The molecule has 5 atom stereocenters. The van der Waals surface area contributed by atoms with Crippen molar-refractivity contribution in [1.29, 1.82) is 0 Å². The van der Waals surface area contributed by atoms with Gasteiger partial charge in [-0.05, 0) is 31.2 Å². The largest absolute Gasteiger partial charge is 0.492 e. The zero-order valence-corrected chi connectivity index (χ0v) is 17.0. The first-order valence-electron chi connectivity index (χ1n) is 10.6. The Morgan fingerprint density at radius 2 is 2.13 bits per heavy atom. The van der Waals surface area contributed by atoms with Crippen LogP contribution in [0, 0.1) is 17.2 Å². The molecule has 2 heterocycles. The number of benzene rings is 1. The molecule has 6 rings (SSSR count). The Morgan fingerprint density at radius 3 is 2.71 bits per heavy atom. The smallest absolute Gasteiger partial charge is 0.341 e. The fourth-order valence-corrected chi connectivity index (χ4v) is 6.32. The average molecular weight is 431 g/mol. The van der Waals surface area contributed by atoms with Crippen molar-refractivity contribution >= 4 is 22.6 Å². The first kappa shape index (κ1) is 19.0. The molecule has 7 nitrogen and oxygen atoms in total. The Kier molecular flexibility index (Phi) is 3.54. The van der Waals surface area contributed by atoms with E-state index in [2.05, 4.69) is 0 Å². The van der Waals surface area contributed by atoms with Crippen LogP contribution in [0.4, 0.5) is 14.5 Å². The van der Waals surface area contributed by atoms with Crippen LogP contribution in [-0.2, 0) is 0 Å². The van der Waals surface area contributed by atoms with Gasteiger partial charge in [0.25, 0.3) is 0 Å². The summed E-state index contributed by atoms with van der Waals surface area (Å²) in [4.78, 5) is 26.3. The maximum absolute atomic E-state index is 15.5. The van der Waals surface area contributed by atoms with Gasteiger partial charge in [-0.25, -0.2) is 13.6 Å². The minimum absolute atomic E-state index is 0.00718. The highest BCUT2D eigenvalue weighted by Gasteiger charge is 2.72. The number of nitrogens with zero attached hydrogens (tertiary/aromatic N) is 2. The summed E-state index contributed by atoms with van der Waals surface area (Å²) < 4.78 is 36.5. The molecule has 0 amide bonds. The Hall–Kier alpha value is -2.68. The SMILES string of the molecule is COc1c(N2CC3(N)CCC4CC43C2)c(F)cc2c(=O)c(C(=O)O)cn(C3C[C@@H]3F)c12. The first-order chi connectivity index (χ1) is 14.7. The van der Waals surface area contributed by atoms with Crippen LogP contribution < -0.4 is 20.8 Å². The van der Waals surface area contributed by atoms with Gasteiger partial charge in [-0.1, -0.05) is 0 Å². The number of rotatable bonds is 4. The van der Waals surface area contributed by atoms with Crippen molar-refractivity contribution < 1.29 is 23.4 Å². The standard InChI is InChI=1S/C22H23F2N3O4/c1-31-19-16-11(18(28)12(20(29)30)7-27(16)15-5-13(15)23)4-14(24)17(19)26-8-21-6-10(21)2-3-22(21,25)9-26/h4,7,10,13,15H,2-3,5-6,8-9,25H2,1H3,(H,29,30)/t10?,13-,15?,21?,22?/m0/s1. The van der Waals surface area contributed by atoms with Gasteiger partial charge in [0.05, 0.1) is 24.1 Å². The summed E-state index contributed by atoms with van der Waals surface area (Å²) in [7, 11) is 1.38. The molecule has 1 spiro atoms. The minimum Gasteiger partial charge on any atom is -0.492 e. The summed E-state index contributed by atoms with van der Waals surface area (Å²) in [5, 5.41) is 9.32. The summed E-state index contributed by atoms with van der Waals surface area (Å²) in [5.74, 6) is -1.41. The van der Waals surface area contributed by atoms with E-state index in [1.54, 1.807) is 0 Å². The molecule has 1 aliphatic heterocycles. The number of carbonyl (C=O) groups is 1. The second-order valence-electron chi connectivity index (χ2n) is 9.65. The third-order valence-electron chi connectivity index (χ3n) is 8.10. The van der Waals surface area contributed by atoms with E-state index >= 15 is 4.39 Å². The molecule has 3 aliphatic carbocycles. The Labute approximate surface area is 176 Å². The number of halogens is 2. The number of pyridine rings is 1. The molecule has 2 aromatic rings. The van der Waals surface area contributed by atoms with Gasteiger partial charge < -0.3 is 25.0 Å². The highest BCUT2D eigenvalue weighted by Crippen LogP contribution is 2.70. The van der Waals surface area contributed by atoms with Crippen molar-refractivity contribution in [1.82, 2.24) is 4.57 Å². The molecule has 3 saturated carbocycles. The summed E-state index contributed by atoms with van der Waals surface area (Å²) >= 11 is 0. The number of ether oxygens (including phenoxy) is 1. The van der Waals surface area contributed by atoms with E-state index in [-0.39, 0.29) is 39.7 Å². The number of aromatic carboxylic acids is 1. The quantitative estimate of drug-likeness (QED) is 0.772. The van der Waals surface area contributed by atoms with Crippen LogP contribution in [0.15, 0.2) is 17.1 Å². The van der Waals surface area contributed by atoms with Crippen LogP contribution in [0.3, 0.4) is 0 Å². The predicted octanol–water partition coefficient (Wildman–Crippen LogP) is 2.45. The van der Waals surface area contributed by atoms with Gasteiger partial charge in [0.15, 0.2) is 11.6 Å². The van der Waals surface area contributed by atoms with E-state index in [1.807, 2.05) is 4.90 Å². The number of alkyl halides is 1. The highest BCUT2D eigenvalue weighted by atomic mass is 19.1. The summed E-state index contributed by atoms with van der Waals surface area (Å²) in [5.41, 5.74) is 5.46. The summed E-state index contributed by atoms with van der Waals surface area (Å²) in [6.07, 6.45) is 3.22. The molecule has 1 aromatic carbocycles. The molecule has 0 bridgehead atoms. The predicted molar refractivity (Wildman–Crippen MR) is 109 cm³/mol. The number of nitrogens with two attached hydrogens (primary N) is 1. The summed E-state index contributed by atoms with van der Waals surface area (Å²) in [6, 6.07) is 0.451. The monoisotopic (exact) mass is 431 g/mol. The van der Waals surface area contributed by atoms with E-state index in [9.17, 15) is 19.1 Å². The Bertz CT molecular complexity index is 1220. The number of methoxy groups -OCH3 is 1. The molecular weight excluding hydrogens is 408 g/mol. The van der Waals surface area contributed by atoms with Gasteiger partial charge in [-0.2, -0.15) is 0 Å². The molecule has 4 aliphatic rings. The van der Waals surface area contributed by atoms with Crippen molar-refractivity contribution in [3.05, 3.63) is 33.9 Å². The van der Waals surface area contributed by atoms with E-state index < -0.39 is 35.0 Å². The second-order valence-corrected chi connectivity index (χ2v) is 9.65. The van der Waals surface area contributed by atoms with Gasteiger partial charge in [0, 0.05) is 36.7 Å². The van der Waals surface area contributed by atoms with Crippen molar-refractivity contribution in [3.63, 3.8) is 0 Å². The molecule has 31 heavy (non-hydrogen) atoms. The van der Waals surface area contributed by atoms with E-state index in [0.29, 0.717) is 19.0 Å². The molecule has 164 valence electrons. The molecule has 1 saturated heterocycles. The number of carboxylic acid groups (broad SMARTS) is 1. The number of hydrogen-bond acceptors (Lipinski definition) is 5. The lowest BCUT2D eigenvalue weighted by atomic mass is 9.86. The molecule has 0 radical (unpaired) electrons. The van der Waals surface area contributed by atoms with Crippen molar-refractivity contribution in [2.75, 3.05) is 25.1 Å². The van der Waals surface area contributed by atoms with Crippen LogP contribution in [0.25, 0.3) is 10.9 Å². The third-order valence-corrected chi connectivity index (χ3v) is 8.10.